The van der Waals surface area contributed by atoms with Gasteiger partial charge in [0.1, 0.15) is 5.75 Å². The lowest BCUT2D eigenvalue weighted by molar-refractivity contribution is -0.123. The standard InChI is InChI=1S/C26H30N2O6S/c1-18-5-6-19(2)23(15-18)28-35(30,31)22-10-8-21(9-11-22)34-17-26(29)27-14-13-20-7-12-24(32-3)25(16-20)33-4/h5-12,15-16,28H,13-14,17H2,1-4H3,(H,27,29). The van der Waals surface area contributed by atoms with Crippen LogP contribution in [0.1, 0.15) is 16.7 Å². The maximum Gasteiger partial charge on any atom is 0.261 e. The number of carbonyl (C=O) groups is 1. The molecule has 186 valence electrons. The molecule has 0 aliphatic rings. The third kappa shape index (κ3) is 7.13. The Kier molecular flexibility index (Phi) is 8.59. The van der Waals surface area contributed by atoms with Gasteiger partial charge in [-0.1, -0.05) is 18.2 Å². The Morgan fingerprint density at radius 1 is 0.886 bits per heavy atom. The monoisotopic (exact) mass is 498 g/mol. The topological polar surface area (TPSA) is 103 Å². The van der Waals surface area contributed by atoms with Gasteiger partial charge < -0.3 is 19.5 Å². The summed E-state index contributed by atoms with van der Waals surface area (Å²) in [6.45, 7) is 3.99. The summed E-state index contributed by atoms with van der Waals surface area (Å²) in [4.78, 5) is 12.2. The van der Waals surface area contributed by atoms with Crippen molar-refractivity contribution in [2.24, 2.45) is 0 Å². The van der Waals surface area contributed by atoms with Gasteiger partial charge in [-0.05, 0) is 79.4 Å². The minimum absolute atomic E-state index is 0.102. The number of rotatable bonds is 11. The molecule has 2 N–H and O–H groups in total. The molecule has 0 aliphatic heterocycles. The van der Waals surface area contributed by atoms with Crippen LogP contribution in [0.4, 0.5) is 5.69 Å². The number of hydrogen-bond donors (Lipinski definition) is 2. The highest BCUT2D eigenvalue weighted by molar-refractivity contribution is 7.92. The number of benzene rings is 3. The average Bonchev–Trinajstić information content (AvgIpc) is 2.85. The van der Waals surface area contributed by atoms with Crippen molar-refractivity contribution in [3.05, 3.63) is 77.4 Å². The van der Waals surface area contributed by atoms with Crippen LogP contribution in [0.3, 0.4) is 0 Å². The lowest BCUT2D eigenvalue weighted by atomic mass is 10.1. The Morgan fingerprint density at radius 3 is 2.29 bits per heavy atom. The molecule has 0 spiro atoms. The lowest BCUT2D eigenvalue weighted by Gasteiger charge is -2.12. The predicted molar refractivity (Wildman–Crippen MR) is 135 cm³/mol. The Morgan fingerprint density at radius 2 is 1.60 bits per heavy atom. The number of methoxy groups -OCH3 is 2. The van der Waals surface area contributed by atoms with Gasteiger partial charge in [0.2, 0.25) is 0 Å². The number of anilines is 1. The second-order valence-corrected chi connectivity index (χ2v) is 9.66. The molecule has 3 aromatic carbocycles. The molecule has 9 heteroatoms. The number of hydrogen-bond acceptors (Lipinski definition) is 6. The molecule has 0 atom stereocenters. The summed E-state index contributed by atoms with van der Waals surface area (Å²) in [5.74, 6) is 1.40. The molecule has 3 aromatic rings. The zero-order valence-corrected chi connectivity index (χ0v) is 21.1. The van der Waals surface area contributed by atoms with Gasteiger partial charge in [0, 0.05) is 6.54 Å². The quantitative estimate of drug-likeness (QED) is 0.416. The fourth-order valence-electron chi connectivity index (χ4n) is 3.35. The molecule has 0 radical (unpaired) electrons. The molecule has 3 rings (SSSR count). The lowest BCUT2D eigenvalue weighted by Crippen LogP contribution is -2.30. The molecule has 0 saturated heterocycles. The average molecular weight is 499 g/mol. The summed E-state index contributed by atoms with van der Waals surface area (Å²) in [7, 11) is -0.600. The van der Waals surface area contributed by atoms with Crippen LogP contribution in [0.15, 0.2) is 65.6 Å². The third-order valence-electron chi connectivity index (χ3n) is 5.33. The van der Waals surface area contributed by atoms with Gasteiger partial charge in [-0.2, -0.15) is 0 Å². The number of carbonyl (C=O) groups excluding carboxylic acids is 1. The number of aryl methyl sites for hydroxylation is 2. The Bertz CT molecular complexity index is 1270. The van der Waals surface area contributed by atoms with Crippen LogP contribution in [-0.4, -0.2) is 41.7 Å². The van der Waals surface area contributed by atoms with Crippen molar-refractivity contribution in [1.29, 1.82) is 0 Å². The van der Waals surface area contributed by atoms with E-state index in [9.17, 15) is 13.2 Å². The molecule has 0 saturated carbocycles. The van der Waals surface area contributed by atoms with Crippen molar-refractivity contribution in [3.63, 3.8) is 0 Å². The first-order chi connectivity index (χ1) is 16.7. The van der Waals surface area contributed by atoms with E-state index in [1.54, 1.807) is 20.3 Å². The van der Waals surface area contributed by atoms with Crippen LogP contribution in [0, 0.1) is 13.8 Å². The van der Waals surface area contributed by atoms with Crippen molar-refractivity contribution in [2.45, 2.75) is 25.2 Å². The molecule has 1 amide bonds. The molecule has 0 bridgehead atoms. The third-order valence-corrected chi connectivity index (χ3v) is 6.71. The van der Waals surface area contributed by atoms with Crippen molar-refractivity contribution in [2.75, 3.05) is 32.1 Å². The van der Waals surface area contributed by atoms with Gasteiger partial charge in [0.15, 0.2) is 18.1 Å². The van der Waals surface area contributed by atoms with E-state index in [4.69, 9.17) is 14.2 Å². The zero-order valence-electron chi connectivity index (χ0n) is 20.3. The van der Waals surface area contributed by atoms with E-state index in [2.05, 4.69) is 10.0 Å². The van der Waals surface area contributed by atoms with Gasteiger partial charge in [-0.15, -0.1) is 0 Å². The molecular weight excluding hydrogens is 468 g/mol. The van der Waals surface area contributed by atoms with E-state index in [1.165, 1.54) is 24.3 Å². The SMILES string of the molecule is COc1ccc(CCNC(=O)COc2ccc(S(=O)(=O)Nc3cc(C)ccc3C)cc2)cc1OC. The highest BCUT2D eigenvalue weighted by Crippen LogP contribution is 2.27. The van der Waals surface area contributed by atoms with Crippen molar-refractivity contribution < 1.29 is 27.4 Å². The van der Waals surface area contributed by atoms with Crippen LogP contribution in [0.25, 0.3) is 0 Å². The second-order valence-electron chi connectivity index (χ2n) is 7.97. The minimum atomic E-state index is -3.75. The molecule has 0 aromatic heterocycles. The van der Waals surface area contributed by atoms with E-state index in [-0.39, 0.29) is 17.4 Å². The summed E-state index contributed by atoms with van der Waals surface area (Å²) in [6, 6.07) is 17.1. The molecule has 35 heavy (non-hydrogen) atoms. The fourth-order valence-corrected chi connectivity index (χ4v) is 4.47. The molecule has 0 fully saturated rings. The highest BCUT2D eigenvalue weighted by atomic mass is 32.2. The van der Waals surface area contributed by atoms with Crippen molar-refractivity contribution in [3.8, 4) is 17.2 Å². The molecule has 0 aliphatic carbocycles. The normalized spacial score (nSPS) is 11.0. The largest absolute Gasteiger partial charge is 0.493 e. The summed E-state index contributed by atoms with van der Waals surface area (Å²) in [5.41, 5.74) is 3.32. The van der Waals surface area contributed by atoms with E-state index in [0.29, 0.717) is 35.9 Å². The highest BCUT2D eigenvalue weighted by Gasteiger charge is 2.16. The van der Waals surface area contributed by atoms with Crippen molar-refractivity contribution >= 4 is 21.6 Å². The summed E-state index contributed by atoms with van der Waals surface area (Å²) in [6.07, 6.45) is 0.617. The maximum atomic E-state index is 12.7. The van der Waals surface area contributed by atoms with E-state index < -0.39 is 10.0 Å². The predicted octanol–water partition coefficient (Wildman–Crippen LogP) is 3.86. The van der Waals surface area contributed by atoms with Gasteiger partial charge in [-0.25, -0.2) is 8.42 Å². The number of nitrogens with one attached hydrogen (secondary N) is 2. The Labute approximate surface area is 206 Å². The zero-order chi connectivity index (χ0) is 25.4. The number of ether oxygens (including phenoxy) is 3. The first kappa shape index (κ1) is 25.9. The van der Waals surface area contributed by atoms with Crippen LogP contribution in [0.5, 0.6) is 17.2 Å². The van der Waals surface area contributed by atoms with Gasteiger partial charge in [-0.3, -0.25) is 9.52 Å². The molecule has 0 heterocycles. The Balaban J connectivity index is 1.49. The molecule has 0 unspecified atom stereocenters. The first-order valence-corrected chi connectivity index (χ1v) is 12.5. The maximum absolute atomic E-state index is 12.7. The fraction of sp³-hybridized carbons (Fsp3) is 0.269. The summed E-state index contributed by atoms with van der Waals surface area (Å²) >= 11 is 0. The number of sulfonamides is 1. The summed E-state index contributed by atoms with van der Waals surface area (Å²) in [5, 5.41) is 2.80. The van der Waals surface area contributed by atoms with Crippen LogP contribution < -0.4 is 24.2 Å². The second kappa shape index (κ2) is 11.6. The smallest absolute Gasteiger partial charge is 0.261 e. The van der Waals surface area contributed by atoms with Crippen LogP contribution in [0.2, 0.25) is 0 Å². The van der Waals surface area contributed by atoms with Crippen LogP contribution >= 0.6 is 0 Å². The van der Waals surface area contributed by atoms with E-state index in [1.807, 2.05) is 44.2 Å². The van der Waals surface area contributed by atoms with Gasteiger partial charge >= 0.3 is 0 Å². The van der Waals surface area contributed by atoms with Gasteiger partial charge in [0.25, 0.3) is 15.9 Å². The first-order valence-electron chi connectivity index (χ1n) is 11.0. The molecule has 8 nitrogen and oxygen atoms in total. The van der Waals surface area contributed by atoms with Gasteiger partial charge in [0.05, 0.1) is 24.8 Å². The van der Waals surface area contributed by atoms with Crippen molar-refractivity contribution in [1.82, 2.24) is 5.32 Å². The summed E-state index contributed by atoms with van der Waals surface area (Å²) < 4.78 is 44.1. The Hall–Kier alpha value is -3.72. The number of amides is 1. The van der Waals surface area contributed by atoms with Crippen LogP contribution in [-0.2, 0) is 21.2 Å². The van der Waals surface area contributed by atoms with E-state index in [0.717, 1.165) is 16.7 Å². The molecular formula is C26H30N2O6S. The minimum Gasteiger partial charge on any atom is -0.493 e. The van der Waals surface area contributed by atoms with E-state index >= 15 is 0 Å².